The van der Waals surface area contributed by atoms with Crippen LogP contribution in [0.3, 0.4) is 0 Å². The van der Waals surface area contributed by atoms with Crippen LogP contribution in [0.15, 0.2) is 24.1 Å². The van der Waals surface area contributed by atoms with E-state index in [1.165, 1.54) is 19.3 Å². The molecule has 0 bridgehead atoms. The first-order valence-corrected chi connectivity index (χ1v) is 7.69. The van der Waals surface area contributed by atoms with Gasteiger partial charge in [0.2, 0.25) is 0 Å². The molecule has 0 saturated carbocycles. The number of methoxy groups -OCH3 is 2. The molecule has 1 atom stereocenters. The predicted octanol–water partition coefficient (Wildman–Crippen LogP) is 2.66. The van der Waals surface area contributed by atoms with Crippen molar-refractivity contribution in [1.82, 2.24) is 4.90 Å². The van der Waals surface area contributed by atoms with Crippen LogP contribution < -0.4 is 5.73 Å². The van der Waals surface area contributed by atoms with E-state index in [1.54, 1.807) is 7.11 Å². The van der Waals surface area contributed by atoms with Gasteiger partial charge in [-0.2, -0.15) is 0 Å². The van der Waals surface area contributed by atoms with Crippen LogP contribution in [0.2, 0.25) is 0 Å². The van der Waals surface area contributed by atoms with E-state index in [0.717, 1.165) is 38.0 Å². The van der Waals surface area contributed by atoms with Gasteiger partial charge in [0, 0.05) is 20.2 Å². The van der Waals surface area contributed by atoms with Crippen molar-refractivity contribution < 1.29 is 9.47 Å². The van der Waals surface area contributed by atoms with E-state index in [9.17, 15) is 0 Å². The molecule has 2 N–H and O–H groups in total. The molecule has 0 aromatic rings. The summed E-state index contributed by atoms with van der Waals surface area (Å²) in [6.07, 6.45) is 13.3. The third kappa shape index (κ3) is 6.44. The quantitative estimate of drug-likeness (QED) is 0.601. The van der Waals surface area contributed by atoms with E-state index < -0.39 is 0 Å². The molecule has 1 aliphatic rings. The molecular weight excluding hydrogens is 252 g/mol. The molecule has 1 fully saturated rings. The van der Waals surface area contributed by atoms with Crippen LogP contribution in [0.1, 0.15) is 38.5 Å². The molecule has 1 rings (SSSR count). The van der Waals surface area contributed by atoms with Gasteiger partial charge in [0.05, 0.1) is 18.9 Å². The fourth-order valence-corrected chi connectivity index (χ4v) is 2.57. The van der Waals surface area contributed by atoms with E-state index >= 15 is 0 Å². The van der Waals surface area contributed by atoms with Crippen LogP contribution in [-0.2, 0) is 9.47 Å². The first-order valence-electron chi connectivity index (χ1n) is 7.69. The van der Waals surface area contributed by atoms with E-state index in [0.29, 0.717) is 12.6 Å². The lowest BCUT2D eigenvalue weighted by Crippen LogP contribution is -2.25. The molecule has 0 aromatic heterocycles. The minimum absolute atomic E-state index is 0.428. The summed E-state index contributed by atoms with van der Waals surface area (Å²) in [7, 11) is 3.53. The summed E-state index contributed by atoms with van der Waals surface area (Å²) < 4.78 is 10.7. The zero-order valence-corrected chi connectivity index (χ0v) is 13.0. The summed E-state index contributed by atoms with van der Waals surface area (Å²) in [6, 6.07) is 0. The van der Waals surface area contributed by atoms with Gasteiger partial charge in [0.25, 0.3) is 0 Å². The lowest BCUT2D eigenvalue weighted by molar-refractivity contribution is 0.0852. The molecular formula is C16H30N2O2. The third-order valence-electron chi connectivity index (χ3n) is 3.72. The molecule has 4 nitrogen and oxygen atoms in total. The molecule has 1 unspecified atom stereocenters. The number of hydrogen-bond acceptors (Lipinski definition) is 4. The average molecular weight is 282 g/mol. The molecule has 0 aliphatic carbocycles. The largest absolute Gasteiger partial charge is 0.502 e. The molecule has 1 heterocycles. The van der Waals surface area contributed by atoms with E-state index in [2.05, 4.69) is 17.1 Å². The van der Waals surface area contributed by atoms with Gasteiger partial charge in [-0.05, 0) is 51.1 Å². The van der Waals surface area contributed by atoms with E-state index in [1.807, 2.05) is 13.4 Å². The van der Waals surface area contributed by atoms with Crippen molar-refractivity contribution >= 4 is 0 Å². The average Bonchev–Trinajstić information content (AvgIpc) is 2.58. The lowest BCUT2D eigenvalue weighted by atomic mass is 10.1. The van der Waals surface area contributed by atoms with Gasteiger partial charge in [0.1, 0.15) is 6.26 Å². The van der Waals surface area contributed by atoms with Crippen molar-refractivity contribution in [3.8, 4) is 0 Å². The Morgan fingerprint density at radius 2 is 1.95 bits per heavy atom. The van der Waals surface area contributed by atoms with Gasteiger partial charge in [-0.25, -0.2) is 0 Å². The predicted molar refractivity (Wildman–Crippen MR) is 83.4 cm³/mol. The first kappa shape index (κ1) is 17.1. The maximum atomic E-state index is 5.53. The van der Waals surface area contributed by atoms with Crippen molar-refractivity contribution in [3.63, 3.8) is 0 Å². The molecule has 0 radical (unpaired) electrons. The normalized spacial score (nSPS) is 22.4. The number of hydrogen-bond donors (Lipinski definition) is 1. The van der Waals surface area contributed by atoms with E-state index in [-0.39, 0.29) is 0 Å². The molecule has 0 amide bonds. The Morgan fingerprint density at radius 1 is 1.20 bits per heavy atom. The third-order valence-corrected chi connectivity index (χ3v) is 3.72. The maximum Gasteiger partial charge on any atom is 0.106 e. The second kappa shape index (κ2) is 10.7. The van der Waals surface area contributed by atoms with Crippen LogP contribution in [0.5, 0.6) is 0 Å². The number of allylic oxidation sites excluding steroid dienone is 1. The highest BCUT2D eigenvalue weighted by atomic mass is 16.5. The fourth-order valence-electron chi connectivity index (χ4n) is 2.57. The van der Waals surface area contributed by atoms with Gasteiger partial charge in [-0.15, -0.1) is 0 Å². The highest BCUT2D eigenvalue weighted by molar-refractivity contribution is 5.15. The van der Waals surface area contributed by atoms with Gasteiger partial charge < -0.3 is 20.1 Å². The molecule has 1 aliphatic heterocycles. The molecule has 0 aromatic carbocycles. The van der Waals surface area contributed by atoms with Gasteiger partial charge in [-0.1, -0.05) is 6.08 Å². The summed E-state index contributed by atoms with van der Waals surface area (Å²) in [5.74, 6) is 0. The Bertz CT molecular complexity index is 303. The number of ether oxygens (including phenoxy) is 2. The highest BCUT2D eigenvalue weighted by Gasteiger charge is 2.14. The van der Waals surface area contributed by atoms with Crippen LogP contribution in [0.4, 0.5) is 0 Å². The molecule has 20 heavy (non-hydrogen) atoms. The molecule has 116 valence electrons. The van der Waals surface area contributed by atoms with E-state index in [4.69, 9.17) is 15.2 Å². The molecule has 4 heteroatoms. The van der Waals surface area contributed by atoms with Crippen LogP contribution in [0.25, 0.3) is 0 Å². The Kier molecular flexibility index (Phi) is 9.16. The smallest absolute Gasteiger partial charge is 0.106 e. The summed E-state index contributed by atoms with van der Waals surface area (Å²) in [5, 5.41) is 0. The molecule has 0 spiro atoms. The van der Waals surface area contributed by atoms with Crippen molar-refractivity contribution in [2.75, 3.05) is 33.9 Å². The van der Waals surface area contributed by atoms with Gasteiger partial charge in [-0.3, -0.25) is 0 Å². The zero-order chi connectivity index (χ0) is 14.6. The summed E-state index contributed by atoms with van der Waals surface area (Å²) in [6.45, 7) is 2.83. The monoisotopic (exact) mass is 282 g/mol. The first-order chi connectivity index (χ1) is 9.81. The lowest BCUT2D eigenvalue weighted by Gasteiger charge is -2.25. The number of rotatable bonds is 6. The summed E-state index contributed by atoms with van der Waals surface area (Å²) >= 11 is 0. The van der Waals surface area contributed by atoms with Crippen LogP contribution in [0, 0.1) is 0 Å². The van der Waals surface area contributed by atoms with Crippen LogP contribution >= 0.6 is 0 Å². The highest BCUT2D eigenvalue weighted by Crippen LogP contribution is 2.18. The fraction of sp³-hybridized carbons (Fsp3) is 0.750. The van der Waals surface area contributed by atoms with Crippen LogP contribution in [-0.4, -0.2) is 44.9 Å². The second-order valence-corrected chi connectivity index (χ2v) is 5.24. The SMILES string of the molecule is CO/C=C(/C=C/CCN)N1CCCCC(OC)CCC1. The minimum atomic E-state index is 0.428. The Labute approximate surface area is 123 Å². The summed E-state index contributed by atoms with van der Waals surface area (Å²) in [4.78, 5) is 2.41. The Hall–Kier alpha value is -1.00. The summed E-state index contributed by atoms with van der Waals surface area (Å²) in [5.41, 5.74) is 6.68. The van der Waals surface area contributed by atoms with Gasteiger partial charge >= 0.3 is 0 Å². The minimum Gasteiger partial charge on any atom is -0.502 e. The van der Waals surface area contributed by atoms with Gasteiger partial charge in [0.15, 0.2) is 0 Å². The zero-order valence-electron chi connectivity index (χ0n) is 13.0. The topological polar surface area (TPSA) is 47.7 Å². The standard InChI is InChI=1S/C16H30N2O2/c1-19-14-15(8-3-5-11-17)18-12-6-4-9-16(20-2)10-7-13-18/h3,8,14,16H,4-7,9-13,17H2,1-2H3/b8-3+,15-14-. The van der Waals surface area contributed by atoms with Crippen molar-refractivity contribution in [1.29, 1.82) is 0 Å². The Morgan fingerprint density at radius 3 is 2.65 bits per heavy atom. The Balaban J connectivity index is 2.62. The van der Waals surface area contributed by atoms with Crippen molar-refractivity contribution in [2.24, 2.45) is 5.73 Å². The number of nitrogens with zero attached hydrogens (tertiary/aromatic N) is 1. The molecule has 1 saturated heterocycles. The van der Waals surface area contributed by atoms with Crippen molar-refractivity contribution in [3.05, 3.63) is 24.1 Å². The maximum absolute atomic E-state index is 5.53. The number of nitrogens with two attached hydrogens (primary N) is 1. The second-order valence-electron chi connectivity index (χ2n) is 5.24. The van der Waals surface area contributed by atoms with Crippen molar-refractivity contribution in [2.45, 2.75) is 44.6 Å².